The number of pyridine rings is 2. The first-order valence-corrected chi connectivity index (χ1v) is 8.05. The van der Waals surface area contributed by atoms with Crippen molar-refractivity contribution in [1.29, 1.82) is 0 Å². The number of carbonyl (C=O) groups is 1. The Kier molecular flexibility index (Phi) is 4.10. The summed E-state index contributed by atoms with van der Waals surface area (Å²) in [5.41, 5.74) is 1.77. The van der Waals surface area contributed by atoms with Crippen molar-refractivity contribution in [1.82, 2.24) is 24.3 Å². The third-order valence-electron chi connectivity index (χ3n) is 3.82. The minimum Gasteiger partial charge on any atom is -0.453 e. The van der Waals surface area contributed by atoms with Gasteiger partial charge in [-0.1, -0.05) is 6.07 Å². The first-order chi connectivity index (χ1) is 12.7. The second-order valence-electron chi connectivity index (χ2n) is 5.74. The molecule has 7 heteroatoms. The van der Waals surface area contributed by atoms with Crippen LogP contribution in [0, 0.1) is 6.92 Å². The number of fused-ring (bicyclic) bond motifs is 1. The maximum absolute atomic E-state index is 12.8. The minimum absolute atomic E-state index is 0.0782. The first kappa shape index (κ1) is 15.9. The molecule has 0 saturated heterocycles. The van der Waals surface area contributed by atoms with E-state index in [1.165, 1.54) is 0 Å². The number of ketones is 1. The van der Waals surface area contributed by atoms with E-state index in [-0.39, 0.29) is 12.2 Å². The molecule has 0 bridgehead atoms. The molecule has 0 unspecified atom stereocenters. The van der Waals surface area contributed by atoms with Gasteiger partial charge in [0.2, 0.25) is 0 Å². The van der Waals surface area contributed by atoms with E-state index < -0.39 is 0 Å². The van der Waals surface area contributed by atoms with Crippen LogP contribution in [0.15, 0.2) is 61.4 Å². The van der Waals surface area contributed by atoms with Crippen LogP contribution < -0.4 is 4.74 Å². The van der Waals surface area contributed by atoms with Crippen molar-refractivity contribution < 1.29 is 9.53 Å². The molecule has 4 aromatic heterocycles. The summed E-state index contributed by atoms with van der Waals surface area (Å²) in [6.07, 6.45) is 10.2. The third-order valence-corrected chi connectivity index (χ3v) is 3.82. The fourth-order valence-corrected chi connectivity index (χ4v) is 2.60. The summed E-state index contributed by atoms with van der Waals surface area (Å²) in [5.74, 6) is 1.59. The van der Waals surface area contributed by atoms with E-state index in [4.69, 9.17) is 4.74 Å². The van der Waals surface area contributed by atoms with E-state index in [2.05, 4.69) is 19.9 Å². The largest absolute Gasteiger partial charge is 0.453 e. The lowest BCUT2D eigenvalue weighted by atomic mass is 10.1. The second kappa shape index (κ2) is 6.72. The van der Waals surface area contributed by atoms with Crippen LogP contribution in [0.2, 0.25) is 0 Å². The molecule has 4 aromatic rings. The summed E-state index contributed by atoms with van der Waals surface area (Å²) in [5, 5.41) is 0. The molecule has 7 nitrogen and oxygen atoms in total. The molecule has 0 aliphatic carbocycles. The molecule has 0 aromatic carbocycles. The zero-order valence-electron chi connectivity index (χ0n) is 14.0. The Morgan fingerprint density at radius 3 is 2.69 bits per heavy atom. The van der Waals surface area contributed by atoms with Gasteiger partial charge in [0, 0.05) is 24.3 Å². The molecule has 0 radical (unpaired) electrons. The highest BCUT2D eigenvalue weighted by Crippen LogP contribution is 2.24. The van der Waals surface area contributed by atoms with E-state index in [0.29, 0.717) is 34.2 Å². The van der Waals surface area contributed by atoms with Gasteiger partial charge >= 0.3 is 0 Å². The second-order valence-corrected chi connectivity index (χ2v) is 5.74. The quantitative estimate of drug-likeness (QED) is 0.517. The van der Waals surface area contributed by atoms with Crippen molar-refractivity contribution in [3.05, 3.63) is 78.5 Å². The smallest absolute Gasteiger partial charge is 0.172 e. The van der Waals surface area contributed by atoms with Crippen molar-refractivity contribution in [3.63, 3.8) is 0 Å². The standard InChI is InChI=1S/C19H15N5O2/c1-13-22-10-16(11-23-13)26-15-9-17(19-21-6-7-24(19)12-15)18(25)8-14-4-2-3-5-20-14/h2-7,9-12H,8H2,1H3. The number of aromatic nitrogens is 5. The maximum Gasteiger partial charge on any atom is 0.172 e. The van der Waals surface area contributed by atoms with Gasteiger partial charge in [-0.2, -0.15) is 0 Å². The molecule has 26 heavy (non-hydrogen) atoms. The fourth-order valence-electron chi connectivity index (χ4n) is 2.60. The normalized spacial score (nSPS) is 10.8. The summed E-state index contributed by atoms with van der Waals surface area (Å²) in [4.78, 5) is 29.5. The Hall–Kier alpha value is -3.61. The highest BCUT2D eigenvalue weighted by Gasteiger charge is 2.15. The third kappa shape index (κ3) is 3.27. The van der Waals surface area contributed by atoms with E-state index in [9.17, 15) is 4.79 Å². The average molecular weight is 345 g/mol. The summed E-state index contributed by atoms with van der Waals surface area (Å²) in [6, 6.07) is 7.19. The van der Waals surface area contributed by atoms with Gasteiger partial charge in [0.05, 0.1) is 30.6 Å². The summed E-state index contributed by atoms with van der Waals surface area (Å²) in [7, 11) is 0. The number of nitrogens with zero attached hydrogens (tertiary/aromatic N) is 5. The van der Waals surface area contributed by atoms with Gasteiger partial charge in [-0.15, -0.1) is 0 Å². The number of carbonyl (C=O) groups excluding carboxylic acids is 1. The van der Waals surface area contributed by atoms with Crippen molar-refractivity contribution in [2.45, 2.75) is 13.3 Å². The Labute approximate surface area is 149 Å². The zero-order valence-corrected chi connectivity index (χ0v) is 14.0. The van der Waals surface area contributed by atoms with E-state index >= 15 is 0 Å². The highest BCUT2D eigenvalue weighted by molar-refractivity contribution is 6.02. The number of hydrogen-bond donors (Lipinski definition) is 0. The molecule has 0 amide bonds. The van der Waals surface area contributed by atoms with Gasteiger partial charge < -0.3 is 9.14 Å². The molecule has 0 saturated carbocycles. The molecular formula is C19H15N5O2. The Bertz CT molecular complexity index is 1060. The molecule has 0 fully saturated rings. The van der Waals surface area contributed by atoms with E-state index in [1.54, 1.807) is 54.6 Å². The van der Waals surface area contributed by atoms with E-state index in [1.807, 2.05) is 18.2 Å². The van der Waals surface area contributed by atoms with E-state index in [0.717, 1.165) is 0 Å². The fraction of sp³-hybridized carbons (Fsp3) is 0.105. The van der Waals surface area contributed by atoms with Crippen molar-refractivity contribution in [2.75, 3.05) is 0 Å². The molecule has 0 aliphatic rings. The highest BCUT2D eigenvalue weighted by atomic mass is 16.5. The van der Waals surface area contributed by atoms with Crippen LogP contribution in [-0.2, 0) is 6.42 Å². The number of hydrogen-bond acceptors (Lipinski definition) is 6. The predicted octanol–water partition coefficient (Wildman–Crippen LogP) is 3.05. The molecular weight excluding hydrogens is 330 g/mol. The molecule has 0 aliphatic heterocycles. The lowest BCUT2D eigenvalue weighted by Crippen LogP contribution is -2.08. The summed E-state index contributed by atoms with van der Waals surface area (Å²) in [6.45, 7) is 1.80. The summed E-state index contributed by atoms with van der Waals surface area (Å²) < 4.78 is 7.57. The van der Waals surface area contributed by atoms with Crippen LogP contribution in [0.25, 0.3) is 5.65 Å². The molecule has 0 atom stereocenters. The Balaban J connectivity index is 1.68. The SMILES string of the molecule is Cc1ncc(Oc2cc(C(=O)Cc3ccccn3)c3nccn3c2)cn1. The van der Waals surface area contributed by atoms with Gasteiger partial charge in [-0.25, -0.2) is 15.0 Å². The number of imidazole rings is 1. The molecule has 0 spiro atoms. The zero-order chi connectivity index (χ0) is 17.9. The lowest BCUT2D eigenvalue weighted by molar-refractivity contribution is 0.0992. The van der Waals surface area contributed by atoms with Gasteiger partial charge in [-0.3, -0.25) is 9.78 Å². The van der Waals surface area contributed by atoms with Crippen LogP contribution in [0.3, 0.4) is 0 Å². The van der Waals surface area contributed by atoms with Gasteiger partial charge in [0.1, 0.15) is 17.2 Å². The molecule has 128 valence electrons. The van der Waals surface area contributed by atoms with Crippen LogP contribution in [0.5, 0.6) is 11.5 Å². The number of ether oxygens (including phenoxy) is 1. The van der Waals surface area contributed by atoms with Crippen molar-refractivity contribution in [2.24, 2.45) is 0 Å². The van der Waals surface area contributed by atoms with Gasteiger partial charge in [0.25, 0.3) is 0 Å². The number of Topliss-reactive ketones (excluding diaryl/α,β-unsaturated/α-hetero) is 1. The lowest BCUT2D eigenvalue weighted by Gasteiger charge is -2.09. The molecule has 0 N–H and O–H groups in total. The molecule has 4 rings (SSSR count). The van der Waals surface area contributed by atoms with Crippen LogP contribution in [0.4, 0.5) is 0 Å². The predicted molar refractivity (Wildman–Crippen MR) is 94.3 cm³/mol. The average Bonchev–Trinajstić information content (AvgIpc) is 3.12. The van der Waals surface area contributed by atoms with Gasteiger partial charge in [-0.05, 0) is 25.1 Å². The number of aryl methyl sites for hydroxylation is 1. The maximum atomic E-state index is 12.8. The van der Waals surface area contributed by atoms with Crippen molar-refractivity contribution in [3.8, 4) is 11.5 Å². The van der Waals surface area contributed by atoms with Crippen molar-refractivity contribution >= 4 is 11.4 Å². The molecule has 4 heterocycles. The van der Waals surface area contributed by atoms with Gasteiger partial charge in [0.15, 0.2) is 11.5 Å². The summed E-state index contributed by atoms with van der Waals surface area (Å²) >= 11 is 0. The monoisotopic (exact) mass is 345 g/mol. The van der Waals surface area contributed by atoms with Crippen LogP contribution >= 0.6 is 0 Å². The Morgan fingerprint density at radius 2 is 1.92 bits per heavy atom. The van der Waals surface area contributed by atoms with Crippen LogP contribution in [0.1, 0.15) is 21.9 Å². The first-order valence-electron chi connectivity index (χ1n) is 8.05. The Morgan fingerprint density at radius 1 is 1.08 bits per heavy atom. The number of rotatable bonds is 5. The topological polar surface area (TPSA) is 82.3 Å². The minimum atomic E-state index is -0.0782. The van der Waals surface area contributed by atoms with Crippen LogP contribution in [-0.4, -0.2) is 30.1 Å².